The summed E-state index contributed by atoms with van der Waals surface area (Å²) in [6, 6.07) is 13.4. The normalized spacial score (nSPS) is 10.8. The summed E-state index contributed by atoms with van der Waals surface area (Å²) in [5.74, 6) is 0.153. The maximum Gasteiger partial charge on any atom is 0.341 e. The van der Waals surface area contributed by atoms with E-state index in [9.17, 15) is 4.79 Å². The SMILES string of the molecule is CCOC(=O)c1c(-c2ccccc2)n(C)c2ccc(OC)c(N)c12. The molecule has 0 radical (unpaired) electrons. The van der Waals surface area contributed by atoms with Crippen LogP contribution in [0.3, 0.4) is 0 Å². The van der Waals surface area contributed by atoms with Crippen molar-refractivity contribution in [2.24, 2.45) is 7.05 Å². The van der Waals surface area contributed by atoms with E-state index in [1.807, 2.05) is 48.0 Å². The molecule has 0 spiro atoms. The van der Waals surface area contributed by atoms with Gasteiger partial charge in [-0.2, -0.15) is 0 Å². The average molecular weight is 324 g/mol. The fraction of sp³-hybridized carbons (Fsp3) is 0.211. The van der Waals surface area contributed by atoms with Gasteiger partial charge in [0.15, 0.2) is 0 Å². The molecule has 5 nitrogen and oxygen atoms in total. The lowest BCUT2D eigenvalue weighted by Crippen LogP contribution is -2.07. The first-order valence-electron chi connectivity index (χ1n) is 7.77. The number of aryl methyl sites for hydroxylation is 1. The summed E-state index contributed by atoms with van der Waals surface area (Å²) in [6.45, 7) is 2.09. The number of carbonyl (C=O) groups is 1. The van der Waals surface area contributed by atoms with Crippen LogP contribution in [0.2, 0.25) is 0 Å². The van der Waals surface area contributed by atoms with E-state index < -0.39 is 0 Å². The summed E-state index contributed by atoms with van der Waals surface area (Å²) in [7, 11) is 3.47. The smallest absolute Gasteiger partial charge is 0.341 e. The Bertz CT molecular complexity index is 898. The quantitative estimate of drug-likeness (QED) is 0.588. The van der Waals surface area contributed by atoms with Gasteiger partial charge >= 0.3 is 5.97 Å². The van der Waals surface area contributed by atoms with E-state index in [2.05, 4.69) is 0 Å². The number of aromatic nitrogens is 1. The third-order valence-corrected chi connectivity index (χ3v) is 4.11. The van der Waals surface area contributed by atoms with Crippen molar-refractivity contribution in [3.05, 3.63) is 48.0 Å². The maximum absolute atomic E-state index is 12.7. The van der Waals surface area contributed by atoms with Crippen molar-refractivity contribution in [2.75, 3.05) is 19.5 Å². The topological polar surface area (TPSA) is 66.5 Å². The van der Waals surface area contributed by atoms with Crippen LogP contribution >= 0.6 is 0 Å². The van der Waals surface area contributed by atoms with Gasteiger partial charge in [-0.05, 0) is 24.6 Å². The van der Waals surface area contributed by atoms with Crippen LogP contribution in [0.1, 0.15) is 17.3 Å². The van der Waals surface area contributed by atoms with Crippen LogP contribution in [-0.2, 0) is 11.8 Å². The van der Waals surface area contributed by atoms with Gasteiger partial charge in [-0.15, -0.1) is 0 Å². The van der Waals surface area contributed by atoms with E-state index in [-0.39, 0.29) is 5.97 Å². The highest BCUT2D eigenvalue weighted by molar-refractivity contribution is 6.15. The minimum Gasteiger partial charge on any atom is -0.495 e. The van der Waals surface area contributed by atoms with Gasteiger partial charge in [0, 0.05) is 12.4 Å². The van der Waals surface area contributed by atoms with Crippen LogP contribution in [-0.4, -0.2) is 24.3 Å². The Morgan fingerprint density at radius 3 is 2.50 bits per heavy atom. The van der Waals surface area contributed by atoms with Crippen molar-refractivity contribution in [2.45, 2.75) is 6.92 Å². The van der Waals surface area contributed by atoms with Gasteiger partial charge < -0.3 is 19.8 Å². The highest BCUT2D eigenvalue weighted by atomic mass is 16.5. The molecule has 1 heterocycles. The number of benzene rings is 2. The van der Waals surface area contributed by atoms with E-state index in [0.29, 0.717) is 29.0 Å². The number of ether oxygens (including phenoxy) is 2. The number of esters is 1. The van der Waals surface area contributed by atoms with Crippen molar-refractivity contribution in [3.63, 3.8) is 0 Å². The molecule has 0 amide bonds. The molecule has 0 unspecified atom stereocenters. The van der Waals surface area contributed by atoms with Crippen molar-refractivity contribution in [1.82, 2.24) is 4.57 Å². The van der Waals surface area contributed by atoms with Crippen LogP contribution in [0.5, 0.6) is 5.75 Å². The number of anilines is 1. The molecular formula is C19H20N2O3. The van der Waals surface area contributed by atoms with Crippen molar-refractivity contribution in [3.8, 4) is 17.0 Å². The van der Waals surface area contributed by atoms with E-state index in [4.69, 9.17) is 15.2 Å². The monoisotopic (exact) mass is 324 g/mol. The number of nitrogen functional groups attached to an aromatic ring is 1. The number of nitrogens with zero attached hydrogens (tertiary/aromatic N) is 1. The third kappa shape index (κ3) is 2.38. The Hall–Kier alpha value is -2.95. The van der Waals surface area contributed by atoms with Crippen LogP contribution in [0, 0.1) is 0 Å². The highest BCUT2D eigenvalue weighted by Gasteiger charge is 2.26. The molecule has 0 bridgehead atoms. The lowest BCUT2D eigenvalue weighted by atomic mass is 10.0. The molecule has 0 saturated heterocycles. The second kappa shape index (κ2) is 6.28. The molecule has 0 fully saturated rings. The number of methoxy groups -OCH3 is 1. The lowest BCUT2D eigenvalue weighted by Gasteiger charge is -2.08. The molecule has 3 rings (SSSR count). The molecule has 0 aliphatic carbocycles. The highest BCUT2D eigenvalue weighted by Crippen LogP contribution is 2.40. The number of hydrogen-bond acceptors (Lipinski definition) is 4. The zero-order valence-electron chi connectivity index (χ0n) is 14.0. The molecule has 0 aliphatic rings. The third-order valence-electron chi connectivity index (χ3n) is 4.11. The number of hydrogen-bond donors (Lipinski definition) is 1. The van der Waals surface area contributed by atoms with Crippen LogP contribution < -0.4 is 10.5 Å². The van der Waals surface area contributed by atoms with Crippen molar-refractivity contribution >= 4 is 22.6 Å². The Morgan fingerprint density at radius 2 is 1.88 bits per heavy atom. The van der Waals surface area contributed by atoms with Gasteiger partial charge in [-0.3, -0.25) is 0 Å². The molecular weight excluding hydrogens is 304 g/mol. The molecule has 0 atom stereocenters. The van der Waals surface area contributed by atoms with Gasteiger partial charge in [0.1, 0.15) is 5.75 Å². The van der Waals surface area contributed by atoms with Gasteiger partial charge in [0.25, 0.3) is 0 Å². The molecule has 1 aromatic heterocycles. The average Bonchev–Trinajstić information content (AvgIpc) is 2.90. The fourth-order valence-corrected chi connectivity index (χ4v) is 3.05. The molecule has 2 aromatic carbocycles. The molecule has 5 heteroatoms. The summed E-state index contributed by atoms with van der Waals surface area (Å²) in [6.07, 6.45) is 0. The summed E-state index contributed by atoms with van der Waals surface area (Å²) >= 11 is 0. The summed E-state index contributed by atoms with van der Waals surface area (Å²) in [4.78, 5) is 12.7. The second-order valence-corrected chi connectivity index (χ2v) is 5.44. The van der Waals surface area contributed by atoms with Gasteiger partial charge in [-0.1, -0.05) is 30.3 Å². The summed E-state index contributed by atoms with van der Waals surface area (Å²) in [5.41, 5.74) is 9.75. The number of fused-ring (bicyclic) bond motifs is 1. The van der Waals surface area contributed by atoms with E-state index >= 15 is 0 Å². The first-order chi connectivity index (χ1) is 11.6. The Labute approximate surface area is 140 Å². The second-order valence-electron chi connectivity index (χ2n) is 5.44. The predicted octanol–water partition coefficient (Wildman–Crippen LogP) is 3.61. The fourth-order valence-electron chi connectivity index (χ4n) is 3.05. The predicted molar refractivity (Wildman–Crippen MR) is 95.3 cm³/mol. The molecule has 124 valence electrons. The van der Waals surface area contributed by atoms with Crippen molar-refractivity contribution < 1.29 is 14.3 Å². The van der Waals surface area contributed by atoms with Gasteiger partial charge in [0.2, 0.25) is 0 Å². The number of carbonyl (C=O) groups excluding carboxylic acids is 1. The van der Waals surface area contributed by atoms with Gasteiger partial charge in [-0.25, -0.2) is 4.79 Å². The Balaban J connectivity index is 2.42. The Kier molecular flexibility index (Phi) is 4.16. The Morgan fingerprint density at radius 1 is 1.17 bits per heavy atom. The van der Waals surface area contributed by atoms with Crippen LogP contribution in [0.25, 0.3) is 22.2 Å². The van der Waals surface area contributed by atoms with Crippen molar-refractivity contribution in [1.29, 1.82) is 0 Å². The standard InChI is InChI=1S/C19H20N2O3/c1-4-24-19(22)16-15-13(10-11-14(23-3)17(15)20)21(2)18(16)12-8-6-5-7-9-12/h5-11H,4,20H2,1-3H3. The first-order valence-corrected chi connectivity index (χ1v) is 7.77. The lowest BCUT2D eigenvalue weighted by molar-refractivity contribution is 0.0529. The van der Waals surface area contributed by atoms with E-state index in [1.165, 1.54) is 0 Å². The zero-order valence-corrected chi connectivity index (χ0v) is 14.0. The summed E-state index contributed by atoms with van der Waals surface area (Å²) < 4.78 is 12.6. The summed E-state index contributed by atoms with van der Waals surface area (Å²) in [5, 5.41) is 0.661. The molecule has 2 N–H and O–H groups in total. The van der Waals surface area contributed by atoms with Crippen LogP contribution in [0.4, 0.5) is 5.69 Å². The molecule has 0 aliphatic heterocycles. The minimum absolute atomic E-state index is 0.299. The zero-order chi connectivity index (χ0) is 17.3. The first kappa shape index (κ1) is 15.9. The van der Waals surface area contributed by atoms with E-state index in [1.54, 1.807) is 20.1 Å². The molecule has 3 aromatic rings. The van der Waals surface area contributed by atoms with Crippen LogP contribution in [0.15, 0.2) is 42.5 Å². The largest absolute Gasteiger partial charge is 0.495 e. The van der Waals surface area contributed by atoms with Gasteiger partial charge in [0.05, 0.1) is 36.2 Å². The number of rotatable bonds is 4. The molecule has 0 saturated carbocycles. The van der Waals surface area contributed by atoms with E-state index in [0.717, 1.165) is 16.8 Å². The minimum atomic E-state index is -0.387. The number of nitrogens with two attached hydrogens (primary N) is 1. The maximum atomic E-state index is 12.7. The molecule has 24 heavy (non-hydrogen) atoms.